The second kappa shape index (κ2) is 6.85. The summed E-state index contributed by atoms with van der Waals surface area (Å²) >= 11 is 0. The van der Waals surface area contributed by atoms with Gasteiger partial charge in [0.05, 0.1) is 18.8 Å². The maximum Gasteiger partial charge on any atom is 0.0936 e. The standard InChI is InChI=1S/C14H28N2O2/c1-12-9-16(10-14(11-17)18-12)8-6-13-5-3-4-7-15(13)2/h12-14,17H,3-11H2,1-2H3. The summed E-state index contributed by atoms with van der Waals surface area (Å²) in [7, 11) is 2.25. The minimum Gasteiger partial charge on any atom is -0.394 e. The Hall–Kier alpha value is -0.160. The van der Waals surface area contributed by atoms with Gasteiger partial charge < -0.3 is 14.7 Å². The molecule has 0 aromatic carbocycles. The van der Waals surface area contributed by atoms with Gasteiger partial charge in [-0.3, -0.25) is 4.90 Å². The van der Waals surface area contributed by atoms with E-state index in [-0.39, 0.29) is 18.8 Å². The van der Waals surface area contributed by atoms with Gasteiger partial charge in [0, 0.05) is 19.1 Å². The van der Waals surface area contributed by atoms with Crippen molar-refractivity contribution in [2.75, 3.05) is 39.8 Å². The fourth-order valence-corrected chi connectivity index (χ4v) is 3.26. The molecule has 1 N–H and O–H groups in total. The smallest absolute Gasteiger partial charge is 0.0936 e. The van der Waals surface area contributed by atoms with Crippen molar-refractivity contribution in [1.29, 1.82) is 0 Å². The Kier molecular flexibility index (Phi) is 5.42. The van der Waals surface area contributed by atoms with Crippen LogP contribution in [0.2, 0.25) is 0 Å². The summed E-state index contributed by atoms with van der Waals surface area (Å²) in [6.45, 7) is 6.53. The minimum absolute atomic E-state index is 0.0119. The zero-order valence-corrected chi connectivity index (χ0v) is 11.8. The Morgan fingerprint density at radius 3 is 2.83 bits per heavy atom. The highest BCUT2D eigenvalue weighted by molar-refractivity contribution is 4.79. The number of hydrogen-bond donors (Lipinski definition) is 1. The van der Waals surface area contributed by atoms with Crippen LogP contribution in [0.15, 0.2) is 0 Å². The molecule has 0 bridgehead atoms. The molecule has 2 saturated heterocycles. The molecule has 2 rings (SSSR count). The number of rotatable bonds is 4. The predicted octanol–water partition coefficient (Wildman–Crippen LogP) is 0.942. The lowest BCUT2D eigenvalue weighted by atomic mass is 9.99. The lowest BCUT2D eigenvalue weighted by Gasteiger charge is -2.38. The molecule has 2 aliphatic heterocycles. The molecule has 0 radical (unpaired) electrons. The monoisotopic (exact) mass is 256 g/mol. The Bertz CT molecular complexity index is 250. The number of aliphatic hydroxyl groups is 1. The maximum absolute atomic E-state index is 9.23. The fourth-order valence-electron chi connectivity index (χ4n) is 3.26. The summed E-state index contributed by atoms with van der Waals surface area (Å²) in [5.74, 6) is 0. The summed E-state index contributed by atoms with van der Waals surface area (Å²) in [5.41, 5.74) is 0. The van der Waals surface area contributed by atoms with E-state index in [0.717, 1.165) is 25.7 Å². The topological polar surface area (TPSA) is 35.9 Å². The van der Waals surface area contributed by atoms with Gasteiger partial charge in [-0.1, -0.05) is 6.42 Å². The summed E-state index contributed by atoms with van der Waals surface area (Å²) in [6.07, 6.45) is 5.60. The van der Waals surface area contributed by atoms with Crippen molar-refractivity contribution < 1.29 is 9.84 Å². The van der Waals surface area contributed by atoms with Crippen LogP contribution in [0.25, 0.3) is 0 Å². The molecule has 0 saturated carbocycles. The van der Waals surface area contributed by atoms with Gasteiger partial charge in [0.15, 0.2) is 0 Å². The van der Waals surface area contributed by atoms with Gasteiger partial charge in [-0.05, 0) is 46.3 Å². The van der Waals surface area contributed by atoms with Gasteiger partial charge in [-0.25, -0.2) is 0 Å². The molecule has 18 heavy (non-hydrogen) atoms. The number of hydrogen-bond acceptors (Lipinski definition) is 4. The first-order chi connectivity index (χ1) is 8.69. The molecule has 2 fully saturated rings. The molecule has 0 aromatic rings. The van der Waals surface area contributed by atoms with E-state index < -0.39 is 0 Å². The average Bonchev–Trinajstić information content (AvgIpc) is 2.37. The van der Waals surface area contributed by atoms with E-state index in [4.69, 9.17) is 4.74 Å². The first-order valence-corrected chi connectivity index (χ1v) is 7.38. The van der Waals surface area contributed by atoms with Crippen LogP contribution in [0.1, 0.15) is 32.6 Å². The molecule has 0 aliphatic carbocycles. The third-order valence-electron chi connectivity index (χ3n) is 4.31. The van der Waals surface area contributed by atoms with Crippen LogP contribution in [-0.4, -0.2) is 73.0 Å². The highest BCUT2D eigenvalue weighted by Crippen LogP contribution is 2.19. The van der Waals surface area contributed by atoms with E-state index in [0.29, 0.717) is 0 Å². The predicted molar refractivity (Wildman–Crippen MR) is 72.7 cm³/mol. The lowest BCUT2D eigenvalue weighted by molar-refractivity contribution is -0.0962. The van der Waals surface area contributed by atoms with Crippen molar-refractivity contribution in [1.82, 2.24) is 9.80 Å². The molecule has 3 unspecified atom stereocenters. The van der Waals surface area contributed by atoms with Gasteiger partial charge in [0.25, 0.3) is 0 Å². The SMILES string of the molecule is CC1CN(CCC2CCCCN2C)CC(CO)O1. The molecule has 106 valence electrons. The molecule has 4 heteroatoms. The van der Waals surface area contributed by atoms with E-state index in [9.17, 15) is 5.11 Å². The zero-order valence-electron chi connectivity index (χ0n) is 11.8. The summed E-state index contributed by atoms with van der Waals surface area (Å²) in [5, 5.41) is 9.23. The van der Waals surface area contributed by atoms with E-state index in [1.165, 1.54) is 32.2 Å². The van der Waals surface area contributed by atoms with Gasteiger partial charge >= 0.3 is 0 Å². The van der Waals surface area contributed by atoms with Gasteiger partial charge in [-0.15, -0.1) is 0 Å². The van der Waals surface area contributed by atoms with Crippen molar-refractivity contribution >= 4 is 0 Å². The largest absolute Gasteiger partial charge is 0.394 e. The third kappa shape index (κ3) is 3.92. The molecule has 2 heterocycles. The highest BCUT2D eigenvalue weighted by atomic mass is 16.5. The molecule has 3 atom stereocenters. The van der Waals surface area contributed by atoms with Crippen molar-refractivity contribution in [2.45, 2.75) is 50.9 Å². The van der Waals surface area contributed by atoms with Crippen LogP contribution in [0.4, 0.5) is 0 Å². The number of piperidine rings is 1. The molecule has 2 aliphatic rings. The minimum atomic E-state index is 0.0119. The average molecular weight is 256 g/mol. The van der Waals surface area contributed by atoms with E-state index in [1.54, 1.807) is 0 Å². The van der Waals surface area contributed by atoms with Crippen molar-refractivity contribution in [2.24, 2.45) is 0 Å². The van der Waals surface area contributed by atoms with E-state index >= 15 is 0 Å². The second-order valence-corrected chi connectivity index (χ2v) is 5.93. The molecular formula is C14H28N2O2. The van der Waals surface area contributed by atoms with Crippen LogP contribution in [-0.2, 0) is 4.74 Å². The van der Waals surface area contributed by atoms with Gasteiger partial charge in [0.2, 0.25) is 0 Å². The van der Waals surface area contributed by atoms with Crippen molar-refractivity contribution in [3.63, 3.8) is 0 Å². The number of ether oxygens (including phenoxy) is 1. The Labute approximate surface area is 111 Å². The highest BCUT2D eigenvalue weighted by Gasteiger charge is 2.26. The molecule has 0 spiro atoms. The molecular weight excluding hydrogens is 228 g/mol. The maximum atomic E-state index is 9.23. The summed E-state index contributed by atoms with van der Waals surface area (Å²) < 4.78 is 5.68. The van der Waals surface area contributed by atoms with Crippen molar-refractivity contribution in [3.05, 3.63) is 0 Å². The Morgan fingerprint density at radius 2 is 2.11 bits per heavy atom. The van der Waals surface area contributed by atoms with Crippen molar-refractivity contribution in [3.8, 4) is 0 Å². The quantitative estimate of drug-likeness (QED) is 0.812. The van der Waals surface area contributed by atoms with Crippen LogP contribution < -0.4 is 0 Å². The number of nitrogens with zero attached hydrogens (tertiary/aromatic N) is 2. The van der Waals surface area contributed by atoms with E-state index in [2.05, 4.69) is 23.8 Å². The fraction of sp³-hybridized carbons (Fsp3) is 1.00. The molecule has 4 nitrogen and oxygen atoms in total. The normalized spacial score (nSPS) is 35.8. The second-order valence-electron chi connectivity index (χ2n) is 5.93. The van der Waals surface area contributed by atoms with Gasteiger partial charge in [-0.2, -0.15) is 0 Å². The van der Waals surface area contributed by atoms with Gasteiger partial charge in [0.1, 0.15) is 0 Å². The number of aliphatic hydroxyl groups excluding tert-OH is 1. The summed E-state index contributed by atoms with van der Waals surface area (Å²) in [4.78, 5) is 4.97. The summed E-state index contributed by atoms with van der Waals surface area (Å²) in [6, 6.07) is 0.754. The lowest BCUT2D eigenvalue weighted by Crippen LogP contribution is -2.49. The first kappa shape index (κ1) is 14.3. The van der Waals surface area contributed by atoms with Crippen LogP contribution in [0.3, 0.4) is 0 Å². The Morgan fingerprint density at radius 1 is 1.28 bits per heavy atom. The molecule has 0 aromatic heterocycles. The van der Waals surface area contributed by atoms with Crippen LogP contribution in [0, 0.1) is 0 Å². The zero-order chi connectivity index (χ0) is 13.0. The Balaban J connectivity index is 1.74. The van der Waals surface area contributed by atoms with E-state index in [1.807, 2.05) is 0 Å². The number of morpholine rings is 1. The van der Waals surface area contributed by atoms with Crippen LogP contribution in [0.5, 0.6) is 0 Å². The molecule has 0 amide bonds. The third-order valence-corrected chi connectivity index (χ3v) is 4.31. The number of likely N-dealkylation sites (tertiary alicyclic amines) is 1. The van der Waals surface area contributed by atoms with Crippen LogP contribution >= 0.6 is 0 Å². The first-order valence-electron chi connectivity index (χ1n) is 7.38.